The zero-order chi connectivity index (χ0) is 13.2. The van der Waals surface area contributed by atoms with Crippen molar-refractivity contribution in [1.29, 1.82) is 0 Å². The summed E-state index contributed by atoms with van der Waals surface area (Å²) in [5, 5.41) is 12.4. The second-order valence-corrected chi connectivity index (χ2v) is 5.26. The van der Waals surface area contributed by atoms with E-state index < -0.39 is 0 Å². The fourth-order valence-electron chi connectivity index (χ4n) is 2.40. The fraction of sp³-hybridized carbons (Fsp3) is 0.538. The number of aromatic nitrogens is 1. The molecule has 0 spiro atoms. The summed E-state index contributed by atoms with van der Waals surface area (Å²) in [5.41, 5.74) is 0.284. The zero-order valence-corrected chi connectivity index (χ0v) is 10.8. The fourth-order valence-corrected chi connectivity index (χ4v) is 2.40. The van der Waals surface area contributed by atoms with Gasteiger partial charge in [-0.2, -0.15) is 0 Å². The summed E-state index contributed by atoms with van der Waals surface area (Å²) < 4.78 is 0. The number of aromatic hydroxyl groups is 1. The normalized spacial score (nSPS) is 17.3. The highest BCUT2D eigenvalue weighted by Gasteiger charge is 2.38. The highest BCUT2D eigenvalue weighted by Crippen LogP contribution is 2.32. The van der Waals surface area contributed by atoms with Gasteiger partial charge in [0.2, 0.25) is 0 Å². The van der Waals surface area contributed by atoms with Crippen LogP contribution in [-0.2, 0) is 0 Å². The highest BCUT2D eigenvalue weighted by molar-refractivity contribution is 5.94. The van der Waals surface area contributed by atoms with Crippen LogP contribution in [0.2, 0.25) is 0 Å². The van der Waals surface area contributed by atoms with Gasteiger partial charge in [-0.25, -0.2) is 0 Å². The summed E-state index contributed by atoms with van der Waals surface area (Å²) in [6.45, 7) is 0.838. The van der Waals surface area contributed by atoms with Crippen LogP contribution in [0.3, 0.4) is 0 Å². The zero-order valence-electron chi connectivity index (χ0n) is 10.8. The van der Waals surface area contributed by atoms with Gasteiger partial charge in [-0.3, -0.25) is 9.78 Å². The van der Waals surface area contributed by atoms with E-state index in [4.69, 9.17) is 0 Å². The molecule has 2 N–H and O–H groups in total. The van der Waals surface area contributed by atoms with Gasteiger partial charge in [-0.15, -0.1) is 0 Å². The minimum Gasteiger partial charge on any atom is -0.506 e. The summed E-state index contributed by atoms with van der Waals surface area (Å²) in [6, 6.07) is 1.43. The van der Waals surface area contributed by atoms with E-state index in [0.717, 1.165) is 25.8 Å². The Morgan fingerprint density at radius 3 is 2.72 bits per heavy atom. The molecule has 1 fully saturated rings. The average Bonchev–Trinajstić information content (AvgIpc) is 2.25. The lowest BCUT2D eigenvalue weighted by molar-refractivity contribution is 0.0772. The molecule has 0 radical (unpaired) electrons. The molecule has 98 valence electrons. The largest absolute Gasteiger partial charge is 0.506 e. The molecule has 0 atom stereocenters. The molecule has 2 rings (SSSR count). The highest BCUT2D eigenvalue weighted by atomic mass is 16.3. The lowest BCUT2D eigenvalue weighted by Gasteiger charge is -2.44. The minimum atomic E-state index is -0.167. The number of hydrogen-bond acceptors (Lipinski definition) is 4. The molecule has 5 heteroatoms. The molecule has 0 aliphatic heterocycles. The number of nitrogens with one attached hydrogen (secondary N) is 1. The molecule has 0 aromatic carbocycles. The maximum Gasteiger partial charge on any atom is 0.253 e. The maximum atomic E-state index is 12.1. The van der Waals surface area contributed by atoms with Crippen molar-refractivity contribution in [3.63, 3.8) is 0 Å². The number of carbonyl (C=O) groups excluding carboxylic acids is 1. The van der Waals surface area contributed by atoms with Crippen molar-refractivity contribution in [2.75, 3.05) is 20.6 Å². The van der Waals surface area contributed by atoms with Crippen LogP contribution in [0, 0.1) is 0 Å². The second kappa shape index (κ2) is 4.94. The molecule has 1 amide bonds. The van der Waals surface area contributed by atoms with Crippen molar-refractivity contribution >= 4 is 5.91 Å². The maximum absolute atomic E-state index is 12.1. The third-order valence-corrected chi connectivity index (χ3v) is 3.29. The monoisotopic (exact) mass is 249 g/mol. The van der Waals surface area contributed by atoms with Crippen molar-refractivity contribution in [2.24, 2.45) is 0 Å². The number of hydrogen-bond donors (Lipinski definition) is 2. The van der Waals surface area contributed by atoms with Gasteiger partial charge >= 0.3 is 0 Å². The van der Waals surface area contributed by atoms with E-state index >= 15 is 0 Å². The topological polar surface area (TPSA) is 65.5 Å². The molecule has 5 nitrogen and oxygen atoms in total. The Morgan fingerprint density at radius 2 is 2.22 bits per heavy atom. The standard InChI is InChI=1S/C13H19N3O2/c1-16(2)9-13(4-3-5-13)15-12(18)10-6-11(17)8-14-7-10/h6-8,17H,3-5,9H2,1-2H3,(H,15,18). The first-order valence-corrected chi connectivity index (χ1v) is 6.12. The van der Waals surface area contributed by atoms with Crippen molar-refractivity contribution < 1.29 is 9.90 Å². The molecular formula is C13H19N3O2. The molecule has 1 aliphatic rings. The van der Waals surface area contributed by atoms with Crippen molar-refractivity contribution in [3.05, 3.63) is 24.0 Å². The number of carbonyl (C=O) groups is 1. The van der Waals surface area contributed by atoms with Crippen LogP contribution in [0.25, 0.3) is 0 Å². The van der Waals surface area contributed by atoms with Gasteiger partial charge in [0.05, 0.1) is 17.3 Å². The molecule has 1 heterocycles. The molecule has 1 aromatic heterocycles. The van der Waals surface area contributed by atoms with Gasteiger partial charge in [0.25, 0.3) is 5.91 Å². The second-order valence-electron chi connectivity index (χ2n) is 5.26. The number of rotatable bonds is 4. The summed E-state index contributed by atoms with van der Waals surface area (Å²) in [4.78, 5) is 18.0. The van der Waals surface area contributed by atoms with Crippen molar-refractivity contribution in [1.82, 2.24) is 15.2 Å². The molecule has 0 bridgehead atoms. The number of pyridine rings is 1. The molecule has 1 aromatic rings. The van der Waals surface area contributed by atoms with Crippen LogP contribution < -0.4 is 5.32 Å². The number of nitrogens with zero attached hydrogens (tertiary/aromatic N) is 2. The van der Waals surface area contributed by atoms with E-state index in [9.17, 15) is 9.90 Å². The molecule has 0 saturated heterocycles. The summed E-state index contributed by atoms with van der Waals surface area (Å²) in [5.74, 6) is -0.155. The Bertz CT molecular complexity index is 442. The summed E-state index contributed by atoms with van der Waals surface area (Å²) >= 11 is 0. The Kier molecular flexibility index (Phi) is 3.52. The van der Waals surface area contributed by atoms with Crippen molar-refractivity contribution in [3.8, 4) is 5.75 Å². The predicted octanol–water partition coefficient (Wildman–Crippen LogP) is 1.00. The lowest BCUT2D eigenvalue weighted by atomic mass is 9.76. The first-order chi connectivity index (χ1) is 8.51. The molecule has 18 heavy (non-hydrogen) atoms. The number of amides is 1. The van der Waals surface area contributed by atoms with Crippen LogP contribution in [-0.4, -0.2) is 47.1 Å². The number of likely N-dealkylation sites (N-methyl/N-ethyl adjacent to an activating group) is 1. The minimum absolute atomic E-state index is 0.0120. The van der Waals surface area contributed by atoms with Crippen LogP contribution in [0.1, 0.15) is 29.6 Å². The Balaban J connectivity index is 2.06. The van der Waals surface area contributed by atoms with Crippen LogP contribution in [0.15, 0.2) is 18.5 Å². The lowest BCUT2D eigenvalue weighted by Crippen LogP contribution is -2.58. The van der Waals surface area contributed by atoms with E-state index in [-0.39, 0.29) is 17.2 Å². The summed E-state index contributed by atoms with van der Waals surface area (Å²) in [7, 11) is 4.00. The third kappa shape index (κ3) is 2.79. The van der Waals surface area contributed by atoms with E-state index in [1.807, 2.05) is 14.1 Å². The van der Waals surface area contributed by atoms with E-state index in [0.29, 0.717) is 5.56 Å². The van der Waals surface area contributed by atoms with Gasteiger partial charge in [0, 0.05) is 12.7 Å². The smallest absolute Gasteiger partial charge is 0.253 e. The molecule has 1 saturated carbocycles. The Hall–Kier alpha value is -1.62. The van der Waals surface area contributed by atoms with Gasteiger partial charge in [0.15, 0.2) is 0 Å². The SMILES string of the molecule is CN(C)CC1(NC(=O)c2cncc(O)c2)CCC1. The molecular weight excluding hydrogens is 230 g/mol. The van der Waals surface area contributed by atoms with Gasteiger partial charge in [0.1, 0.15) is 5.75 Å². The van der Waals surface area contributed by atoms with Crippen LogP contribution in [0.5, 0.6) is 5.75 Å². The third-order valence-electron chi connectivity index (χ3n) is 3.29. The van der Waals surface area contributed by atoms with E-state index in [2.05, 4.69) is 15.2 Å². The molecule has 1 aliphatic carbocycles. The van der Waals surface area contributed by atoms with E-state index in [1.54, 1.807) is 0 Å². The first-order valence-electron chi connectivity index (χ1n) is 6.12. The quantitative estimate of drug-likeness (QED) is 0.835. The van der Waals surface area contributed by atoms with Gasteiger partial charge in [-0.05, 0) is 39.4 Å². The average molecular weight is 249 g/mol. The van der Waals surface area contributed by atoms with Crippen LogP contribution >= 0.6 is 0 Å². The Morgan fingerprint density at radius 1 is 1.50 bits per heavy atom. The predicted molar refractivity (Wildman–Crippen MR) is 68.5 cm³/mol. The first kappa shape index (κ1) is 12.8. The van der Waals surface area contributed by atoms with Gasteiger partial charge in [-0.1, -0.05) is 0 Å². The van der Waals surface area contributed by atoms with Gasteiger partial charge < -0.3 is 15.3 Å². The summed E-state index contributed by atoms with van der Waals surface area (Å²) in [6.07, 6.45) is 5.94. The van der Waals surface area contributed by atoms with Crippen molar-refractivity contribution in [2.45, 2.75) is 24.8 Å². The van der Waals surface area contributed by atoms with E-state index in [1.165, 1.54) is 18.5 Å². The molecule has 0 unspecified atom stereocenters. The Labute approximate surface area is 107 Å². The van der Waals surface area contributed by atoms with Crippen LogP contribution in [0.4, 0.5) is 0 Å².